The Hall–Kier alpha value is -2.24. The lowest BCUT2D eigenvalue weighted by molar-refractivity contribution is 0.573. The molecule has 0 aromatic heterocycles. The lowest BCUT2D eigenvalue weighted by atomic mass is 9.93. The maximum atomic E-state index is 13.7. The molecule has 0 aliphatic heterocycles. The Balaban J connectivity index is 1.81. The van der Waals surface area contributed by atoms with Crippen molar-refractivity contribution in [2.75, 3.05) is 0 Å². The smallest absolute Gasteiger partial charge is 0.0674 e. The van der Waals surface area contributed by atoms with E-state index < -0.39 is 7.80 Å². The van der Waals surface area contributed by atoms with Gasteiger partial charge in [-0.3, -0.25) is 0 Å². The molecule has 0 radical (unpaired) electrons. The summed E-state index contributed by atoms with van der Waals surface area (Å²) in [5.74, 6) is 0. The summed E-state index contributed by atoms with van der Waals surface area (Å²) in [4.78, 5) is 0. The van der Waals surface area contributed by atoms with Gasteiger partial charge >= 0.3 is 7.80 Å². The van der Waals surface area contributed by atoms with Crippen LogP contribution in [0.5, 0.6) is 0 Å². The molecule has 162 valence electrons. The molecule has 0 heterocycles. The molecule has 31 heavy (non-hydrogen) atoms. The second kappa shape index (κ2) is 10.4. The Morgan fingerprint density at radius 2 is 1.23 bits per heavy atom. The fourth-order valence-electron chi connectivity index (χ4n) is 5.09. The summed E-state index contributed by atoms with van der Waals surface area (Å²) in [6.45, 7) is 13.1. The molecule has 2 unspecified atom stereocenters. The lowest BCUT2D eigenvalue weighted by Crippen LogP contribution is -2.07. The van der Waals surface area contributed by atoms with E-state index in [1.54, 1.807) is 0 Å². The van der Waals surface area contributed by atoms with Crippen LogP contribution < -0.4 is 5.30 Å². The van der Waals surface area contributed by atoms with Gasteiger partial charge in [0.05, 0.1) is 0 Å². The minimum absolute atomic E-state index is 0.0678. The number of rotatable bonds is 8. The zero-order chi connectivity index (χ0) is 22.5. The van der Waals surface area contributed by atoms with E-state index >= 15 is 0 Å². The van der Waals surface area contributed by atoms with Crippen LogP contribution in [0.4, 0.5) is 0 Å². The van der Waals surface area contributed by atoms with Gasteiger partial charge in [-0.05, 0) is 107 Å². The fourth-order valence-corrected chi connectivity index (χ4v) is 6.98. The van der Waals surface area contributed by atoms with Crippen LogP contribution in [0.25, 0.3) is 0 Å². The topological polar surface area (TPSA) is 17.1 Å². The lowest BCUT2D eigenvalue weighted by Gasteiger charge is -2.16. The molecule has 0 saturated heterocycles. The van der Waals surface area contributed by atoms with Crippen LogP contribution in [0.1, 0.15) is 69.4 Å². The molecule has 0 saturated carbocycles. The van der Waals surface area contributed by atoms with Crippen LogP contribution in [0.2, 0.25) is 0 Å². The number of aryl methyl sites for hydroxylation is 6. The summed E-state index contributed by atoms with van der Waals surface area (Å²) in [5.41, 5.74) is 10.8. The number of unbranched alkanes of at least 4 members (excludes halogenated alkanes) is 1. The Morgan fingerprint density at radius 1 is 0.710 bits per heavy atom. The quantitative estimate of drug-likeness (QED) is 0.260. The number of hydrogen-bond acceptors (Lipinski definition) is 1. The monoisotopic (exact) mass is 431 g/mol. The van der Waals surface area contributed by atoms with E-state index in [1.807, 2.05) is 30.3 Å². The molecule has 1 nitrogen and oxygen atoms in total. The van der Waals surface area contributed by atoms with E-state index in [0.717, 1.165) is 31.0 Å². The largest absolute Gasteiger partial charge is 0.384 e. The van der Waals surface area contributed by atoms with Crippen LogP contribution in [0, 0.1) is 41.5 Å². The van der Waals surface area contributed by atoms with E-state index in [2.05, 4.69) is 65.8 Å². The third kappa shape index (κ3) is 5.72. The first kappa shape index (κ1) is 23.4. The van der Waals surface area contributed by atoms with Crippen molar-refractivity contribution in [1.82, 2.24) is 0 Å². The minimum Gasteiger partial charge on any atom is -0.0674 e. The van der Waals surface area contributed by atoms with Gasteiger partial charge in [0.15, 0.2) is 11.0 Å². The molecule has 0 N–H and O–H groups in total. The Kier molecular flexibility index (Phi) is 7.84. The van der Waals surface area contributed by atoms with Gasteiger partial charge in [0.1, 0.15) is 0 Å². The summed E-state index contributed by atoms with van der Waals surface area (Å²) in [6.07, 6.45) is 4.26. The fraction of sp³-hybridized carbons (Fsp3) is 0.379. The Labute approximate surface area is 189 Å². The molecule has 2 heteroatoms. The molecule has 3 rings (SSSR count). The third-order valence-electron chi connectivity index (χ3n) is 6.36. The molecule has 2 atom stereocenters. The van der Waals surface area contributed by atoms with Crippen molar-refractivity contribution in [2.45, 2.75) is 72.9 Å². The molecule has 3 aromatic carbocycles. The van der Waals surface area contributed by atoms with Crippen molar-refractivity contribution in [3.8, 4) is 0 Å². The molecule has 3 aromatic rings. The normalized spacial score (nSPS) is 12.6. The van der Waals surface area contributed by atoms with Gasteiger partial charge in [0, 0.05) is 5.56 Å². The van der Waals surface area contributed by atoms with Crippen LogP contribution in [0.15, 0.2) is 54.6 Å². The standard InChI is InChI=1S/C29H36OP/c1-20-16-22(3)27(23(4)17-20)14-10-11-15-28(31(30)26-12-8-7-9-13-26)29-24(5)18-21(2)19-25(29)6/h7-9,12-13,16-19,28H,10-11,14-15H2,1-6H3/q+1. The van der Waals surface area contributed by atoms with E-state index in [9.17, 15) is 4.57 Å². The van der Waals surface area contributed by atoms with Crippen molar-refractivity contribution < 1.29 is 4.57 Å². The molecular weight excluding hydrogens is 395 g/mol. The highest BCUT2D eigenvalue weighted by Gasteiger charge is 2.35. The first-order valence-electron chi connectivity index (χ1n) is 11.4. The second-order valence-corrected chi connectivity index (χ2v) is 10.9. The zero-order valence-electron chi connectivity index (χ0n) is 20.0. The highest BCUT2D eigenvalue weighted by Crippen LogP contribution is 2.46. The first-order valence-corrected chi connectivity index (χ1v) is 12.8. The molecule has 0 amide bonds. The molecule has 0 aliphatic carbocycles. The van der Waals surface area contributed by atoms with Gasteiger partial charge in [0.25, 0.3) is 0 Å². The first-order chi connectivity index (χ1) is 14.8. The summed E-state index contributed by atoms with van der Waals surface area (Å²) in [5, 5.41) is 0.965. The van der Waals surface area contributed by atoms with Gasteiger partial charge in [-0.15, -0.1) is 0 Å². The minimum atomic E-state index is -1.50. The van der Waals surface area contributed by atoms with Gasteiger partial charge in [-0.25, -0.2) is 0 Å². The SMILES string of the molecule is Cc1cc(C)c(CCCCC(c2c(C)cc(C)cc2C)[P+](=O)c2ccccc2)c(C)c1. The highest BCUT2D eigenvalue weighted by atomic mass is 31.1. The summed E-state index contributed by atoms with van der Waals surface area (Å²) >= 11 is 0. The van der Waals surface area contributed by atoms with Crippen LogP contribution >= 0.6 is 7.80 Å². The summed E-state index contributed by atoms with van der Waals surface area (Å²) in [7, 11) is -1.50. The molecular formula is C29H36OP+. The number of hydrogen-bond donors (Lipinski definition) is 0. The highest BCUT2D eigenvalue weighted by molar-refractivity contribution is 7.53. The average Bonchev–Trinajstić information content (AvgIpc) is 2.70. The van der Waals surface area contributed by atoms with E-state index in [1.165, 1.54) is 44.5 Å². The Bertz CT molecular complexity index is 1020. The van der Waals surface area contributed by atoms with Crippen molar-refractivity contribution in [1.29, 1.82) is 0 Å². The molecule has 0 spiro atoms. The average molecular weight is 432 g/mol. The molecule has 0 fully saturated rings. The summed E-state index contributed by atoms with van der Waals surface area (Å²) in [6, 6.07) is 19.1. The van der Waals surface area contributed by atoms with Gasteiger partial charge < -0.3 is 0 Å². The van der Waals surface area contributed by atoms with E-state index in [4.69, 9.17) is 0 Å². The zero-order valence-corrected chi connectivity index (χ0v) is 20.9. The van der Waals surface area contributed by atoms with Gasteiger partial charge in [-0.1, -0.05) is 58.2 Å². The van der Waals surface area contributed by atoms with Crippen LogP contribution in [-0.2, 0) is 11.0 Å². The van der Waals surface area contributed by atoms with Crippen LogP contribution in [-0.4, -0.2) is 0 Å². The van der Waals surface area contributed by atoms with E-state index in [0.29, 0.717) is 0 Å². The molecule has 0 bridgehead atoms. The Morgan fingerprint density at radius 3 is 1.77 bits per heavy atom. The maximum absolute atomic E-state index is 13.7. The molecule has 0 aliphatic rings. The van der Waals surface area contributed by atoms with E-state index in [-0.39, 0.29) is 5.66 Å². The predicted octanol–water partition coefficient (Wildman–Crippen LogP) is 8.14. The van der Waals surface area contributed by atoms with Gasteiger partial charge in [0.2, 0.25) is 0 Å². The third-order valence-corrected chi connectivity index (χ3v) is 8.25. The number of benzene rings is 3. The predicted molar refractivity (Wildman–Crippen MR) is 135 cm³/mol. The van der Waals surface area contributed by atoms with Crippen molar-refractivity contribution in [2.24, 2.45) is 0 Å². The maximum Gasteiger partial charge on any atom is 0.384 e. The van der Waals surface area contributed by atoms with Crippen molar-refractivity contribution in [3.05, 3.63) is 99.1 Å². The van der Waals surface area contributed by atoms with Crippen LogP contribution in [0.3, 0.4) is 0 Å². The van der Waals surface area contributed by atoms with Gasteiger partial charge in [-0.2, -0.15) is 0 Å². The van der Waals surface area contributed by atoms with Crippen molar-refractivity contribution in [3.63, 3.8) is 0 Å². The summed E-state index contributed by atoms with van der Waals surface area (Å²) < 4.78 is 13.7. The second-order valence-electron chi connectivity index (χ2n) is 9.11. The van der Waals surface area contributed by atoms with Crippen molar-refractivity contribution >= 4 is 13.1 Å².